The van der Waals surface area contributed by atoms with E-state index in [4.69, 9.17) is 4.74 Å². The number of piperidine rings is 1. The molecule has 2 aliphatic rings. The summed E-state index contributed by atoms with van der Waals surface area (Å²) in [5.74, 6) is 1.61. The number of carbonyl (C=O) groups excluding carboxylic acids is 1. The third-order valence-electron chi connectivity index (χ3n) is 8.57. The molecule has 9 heteroatoms. The number of tetrazole rings is 1. The topological polar surface area (TPSA) is 88.4 Å². The Hall–Kier alpha value is -4.76. The molecule has 1 N–H and O–H groups in total. The number of likely N-dealkylation sites (tertiary alicyclic amines) is 1. The van der Waals surface area contributed by atoms with E-state index in [2.05, 4.69) is 85.2 Å². The lowest BCUT2D eigenvalue weighted by atomic mass is 9.84. The number of para-hydroxylation sites is 1. The maximum Gasteiger partial charge on any atom is 0.247 e. The van der Waals surface area contributed by atoms with Gasteiger partial charge in [0.05, 0.1) is 25.5 Å². The summed E-state index contributed by atoms with van der Waals surface area (Å²) >= 11 is 0. The Labute approximate surface area is 238 Å². The minimum atomic E-state index is -0.580. The van der Waals surface area contributed by atoms with Crippen molar-refractivity contribution in [2.75, 3.05) is 31.8 Å². The zero-order valence-corrected chi connectivity index (χ0v) is 22.9. The highest BCUT2D eigenvalue weighted by Crippen LogP contribution is 2.41. The number of carbonyl (C=O) groups is 1. The van der Waals surface area contributed by atoms with Crippen LogP contribution in [0, 0.1) is 0 Å². The number of amides is 1. The van der Waals surface area contributed by atoms with Gasteiger partial charge in [-0.2, -0.15) is 4.68 Å². The van der Waals surface area contributed by atoms with Crippen LogP contribution in [-0.2, 0) is 4.79 Å². The number of rotatable bonds is 6. The van der Waals surface area contributed by atoms with Crippen LogP contribution in [0.5, 0.6) is 5.75 Å². The van der Waals surface area contributed by atoms with Gasteiger partial charge in [0.2, 0.25) is 5.91 Å². The van der Waals surface area contributed by atoms with Crippen LogP contribution < -0.4 is 15.0 Å². The van der Waals surface area contributed by atoms with E-state index in [1.165, 1.54) is 0 Å². The fourth-order valence-electron chi connectivity index (χ4n) is 6.44. The van der Waals surface area contributed by atoms with E-state index in [1.54, 1.807) is 7.11 Å². The highest BCUT2D eigenvalue weighted by atomic mass is 16.5. The van der Waals surface area contributed by atoms with Gasteiger partial charge in [0.25, 0.3) is 0 Å². The van der Waals surface area contributed by atoms with E-state index < -0.39 is 5.54 Å². The summed E-state index contributed by atoms with van der Waals surface area (Å²) < 4.78 is 7.18. The Morgan fingerprint density at radius 3 is 2.37 bits per heavy atom. The van der Waals surface area contributed by atoms with Crippen molar-refractivity contribution in [1.82, 2.24) is 30.4 Å². The predicted molar refractivity (Wildman–Crippen MR) is 157 cm³/mol. The highest BCUT2D eigenvalue weighted by Gasteiger charge is 2.51. The molecule has 0 bridgehead atoms. The van der Waals surface area contributed by atoms with Crippen molar-refractivity contribution in [1.29, 1.82) is 0 Å². The molecule has 9 nitrogen and oxygen atoms in total. The van der Waals surface area contributed by atoms with Gasteiger partial charge >= 0.3 is 0 Å². The molecule has 1 spiro atoms. The average molecular weight is 546 g/mol. The van der Waals surface area contributed by atoms with E-state index in [-0.39, 0.29) is 11.9 Å². The van der Waals surface area contributed by atoms with Gasteiger partial charge in [-0.05, 0) is 76.0 Å². The highest BCUT2D eigenvalue weighted by molar-refractivity contribution is 5.93. The van der Waals surface area contributed by atoms with Crippen molar-refractivity contribution in [3.8, 4) is 11.4 Å². The Morgan fingerprint density at radius 1 is 0.854 bits per heavy atom. The summed E-state index contributed by atoms with van der Waals surface area (Å²) in [6.07, 6.45) is 1.39. The second-order valence-corrected chi connectivity index (χ2v) is 10.6. The molecule has 0 saturated carbocycles. The summed E-state index contributed by atoms with van der Waals surface area (Å²) in [6.45, 7) is 1.94. The van der Waals surface area contributed by atoms with E-state index in [1.807, 2.05) is 47.1 Å². The number of aromatic nitrogens is 4. The van der Waals surface area contributed by atoms with Gasteiger partial charge in [0.1, 0.15) is 11.3 Å². The lowest BCUT2D eigenvalue weighted by Gasteiger charge is -2.45. The standard InChI is InChI=1S/C32H31N7O2/c1-41-26-16-14-25(15-17-26)39-30(34-35-36-39)29(28-13-7-9-23-8-5-6-12-27(23)28)37-20-18-32(19-21-37)31(40)33-22-38(32)24-10-3-2-4-11-24/h2-17,29H,18-22H2,1H3,(H,33,40). The number of ether oxygens (including phenoxy) is 1. The van der Waals surface area contributed by atoms with Crippen molar-refractivity contribution in [2.24, 2.45) is 0 Å². The average Bonchev–Trinajstić information content (AvgIpc) is 3.64. The molecule has 2 aliphatic heterocycles. The minimum Gasteiger partial charge on any atom is -0.497 e. The van der Waals surface area contributed by atoms with Gasteiger partial charge < -0.3 is 15.0 Å². The molecule has 41 heavy (non-hydrogen) atoms. The SMILES string of the molecule is COc1ccc(-n2nnnc2C(c2cccc3ccccc23)N2CCC3(CC2)C(=O)NCN3c2ccccc2)cc1. The molecule has 7 rings (SSSR count). The first-order valence-corrected chi connectivity index (χ1v) is 13.9. The van der Waals surface area contributed by atoms with E-state index >= 15 is 0 Å². The fourth-order valence-corrected chi connectivity index (χ4v) is 6.44. The number of hydrogen-bond acceptors (Lipinski definition) is 7. The molecule has 0 radical (unpaired) electrons. The van der Waals surface area contributed by atoms with Gasteiger partial charge in [-0.3, -0.25) is 9.69 Å². The summed E-state index contributed by atoms with van der Waals surface area (Å²) in [5.41, 5.74) is 2.48. The number of hydrogen-bond donors (Lipinski definition) is 1. The second kappa shape index (κ2) is 10.3. The van der Waals surface area contributed by atoms with Crippen molar-refractivity contribution >= 4 is 22.4 Å². The zero-order chi connectivity index (χ0) is 27.8. The first-order chi connectivity index (χ1) is 20.2. The van der Waals surface area contributed by atoms with E-state index in [0.29, 0.717) is 32.6 Å². The minimum absolute atomic E-state index is 0.103. The number of fused-ring (bicyclic) bond motifs is 1. The largest absolute Gasteiger partial charge is 0.497 e. The zero-order valence-electron chi connectivity index (χ0n) is 22.9. The van der Waals surface area contributed by atoms with Crippen molar-refractivity contribution in [3.63, 3.8) is 0 Å². The Balaban J connectivity index is 1.29. The molecule has 2 saturated heterocycles. The molecule has 5 aromatic rings. The molecule has 1 atom stereocenters. The smallest absolute Gasteiger partial charge is 0.247 e. The lowest BCUT2D eigenvalue weighted by Crippen LogP contribution is -2.57. The molecular weight excluding hydrogens is 514 g/mol. The number of benzene rings is 4. The number of nitrogens with zero attached hydrogens (tertiary/aromatic N) is 6. The van der Waals surface area contributed by atoms with Crippen LogP contribution in [0.3, 0.4) is 0 Å². The van der Waals surface area contributed by atoms with Crippen molar-refractivity contribution in [3.05, 3.63) is 108 Å². The van der Waals surface area contributed by atoms with Gasteiger partial charge in [0, 0.05) is 18.8 Å². The van der Waals surface area contributed by atoms with Crippen LogP contribution >= 0.6 is 0 Å². The lowest BCUT2D eigenvalue weighted by molar-refractivity contribution is -0.125. The molecule has 0 aliphatic carbocycles. The predicted octanol–water partition coefficient (Wildman–Crippen LogP) is 4.34. The van der Waals surface area contributed by atoms with Crippen molar-refractivity contribution in [2.45, 2.75) is 24.4 Å². The van der Waals surface area contributed by atoms with Crippen LogP contribution in [0.25, 0.3) is 16.5 Å². The second-order valence-electron chi connectivity index (χ2n) is 10.6. The Bertz CT molecular complexity index is 1670. The molecule has 4 aromatic carbocycles. The third-order valence-corrected chi connectivity index (χ3v) is 8.57. The normalized spacial score (nSPS) is 17.6. The van der Waals surface area contributed by atoms with Crippen LogP contribution in [-0.4, -0.2) is 63.4 Å². The van der Waals surface area contributed by atoms with Crippen LogP contribution in [0.2, 0.25) is 0 Å². The number of anilines is 1. The summed E-state index contributed by atoms with van der Waals surface area (Å²) in [7, 11) is 1.65. The molecule has 1 amide bonds. The van der Waals surface area contributed by atoms with Gasteiger partial charge in [-0.1, -0.05) is 60.7 Å². The molecule has 3 heterocycles. The quantitative estimate of drug-likeness (QED) is 0.340. The number of methoxy groups -OCH3 is 1. The maximum absolute atomic E-state index is 13.4. The Kier molecular flexibility index (Phi) is 6.36. The first-order valence-electron chi connectivity index (χ1n) is 13.9. The Morgan fingerprint density at radius 2 is 1.59 bits per heavy atom. The monoisotopic (exact) mass is 545 g/mol. The van der Waals surface area contributed by atoms with E-state index in [0.717, 1.165) is 39.3 Å². The maximum atomic E-state index is 13.4. The molecule has 1 unspecified atom stereocenters. The summed E-state index contributed by atoms with van der Waals surface area (Å²) in [5, 5.41) is 18.6. The van der Waals surface area contributed by atoms with Gasteiger partial charge in [-0.25, -0.2) is 0 Å². The molecule has 1 aromatic heterocycles. The fraction of sp³-hybridized carbons (Fsp3) is 0.250. The third kappa shape index (κ3) is 4.29. The summed E-state index contributed by atoms with van der Waals surface area (Å²) in [4.78, 5) is 18.0. The molecular formula is C32H31N7O2. The van der Waals surface area contributed by atoms with Crippen molar-refractivity contribution < 1.29 is 9.53 Å². The first kappa shape index (κ1) is 25.2. The van der Waals surface area contributed by atoms with Crippen LogP contribution in [0.4, 0.5) is 5.69 Å². The van der Waals surface area contributed by atoms with Gasteiger partial charge in [0.15, 0.2) is 5.82 Å². The van der Waals surface area contributed by atoms with Gasteiger partial charge in [-0.15, -0.1) is 5.10 Å². The molecule has 206 valence electrons. The van der Waals surface area contributed by atoms with E-state index in [9.17, 15) is 4.79 Å². The molecule has 2 fully saturated rings. The van der Waals surface area contributed by atoms with Crippen LogP contribution in [0.1, 0.15) is 30.3 Å². The van der Waals surface area contributed by atoms with Crippen LogP contribution in [0.15, 0.2) is 97.1 Å². The number of nitrogens with one attached hydrogen (secondary N) is 1. The summed E-state index contributed by atoms with van der Waals surface area (Å²) in [6, 6.07) is 32.6.